The number of nitrogens with two attached hydrogens (primary N) is 1. The number of carbonyl (C=O) groups excluding carboxylic acids is 2. The van der Waals surface area contributed by atoms with Crippen molar-refractivity contribution in [2.24, 2.45) is 0 Å². The summed E-state index contributed by atoms with van der Waals surface area (Å²) < 4.78 is 4.61. The third kappa shape index (κ3) is 4.79. The minimum atomic E-state index is -0.429. The number of esters is 1. The fourth-order valence-corrected chi connectivity index (χ4v) is 1.63. The van der Waals surface area contributed by atoms with E-state index in [4.69, 9.17) is 5.73 Å². The van der Waals surface area contributed by atoms with E-state index in [9.17, 15) is 9.59 Å². The molecule has 20 heavy (non-hydrogen) atoms. The van der Waals surface area contributed by atoms with Crippen LogP contribution in [0.4, 0.5) is 11.4 Å². The van der Waals surface area contributed by atoms with Crippen LogP contribution in [-0.2, 0) is 9.53 Å². The molecule has 0 aromatic heterocycles. The van der Waals surface area contributed by atoms with Crippen molar-refractivity contribution in [3.05, 3.63) is 23.8 Å². The van der Waals surface area contributed by atoms with Gasteiger partial charge in [0.15, 0.2) is 0 Å². The van der Waals surface area contributed by atoms with Gasteiger partial charge in [0.2, 0.25) is 5.91 Å². The first-order chi connectivity index (χ1) is 9.58. The van der Waals surface area contributed by atoms with Crippen LogP contribution < -0.4 is 16.4 Å². The molecule has 0 aliphatic heterocycles. The van der Waals surface area contributed by atoms with Crippen molar-refractivity contribution in [1.29, 1.82) is 0 Å². The number of methoxy groups -OCH3 is 1. The monoisotopic (exact) mass is 279 g/mol. The number of nitrogen functional groups attached to an aromatic ring is 1. The van der Waals surface area contributed by atoms with Crippen LogP contribution in [-0.4, -0.2) is 32.1 Å². The Morgan fingerprint density at radius 3 is 2.65 bits per heavy atom. The fraction of sp³-hybridized carbons (Fsp3) is 0.429. The van der Waals surface area contributed by atoms with Crippen molar-refractivity contribution in [3.63, 3.8) is 0 Å². The molecule has 6 heteroatoms. The maximum absolute atomic E-state index is 11.4. The molecule has 110 valence electrons. The van der Waals surface area contributed by atoms with Crippen molar-refractivity contribution in [2.45, 2.75) is 19.8 Å². The van der Waals surface area contributed by atoms with Crippen LogP contribution in [0.25, 0.3) is 0 Å². The third-order valence-electron chi connectivity index (χ3n) is 2.71. The molecule has 0 radical (unpaired) electrons. The van der Waals surface area contributed by atoms with Gasteiger partial charge in [0.05, 0.1) is 24.0 Å². The molecule has 0 unspecified atom stereocenters. The second kappa shape index (κ2) is 8.04. The standard InChI is InChI=1S/C14H21N3O3/c1-3-7-17-13(18)6-8-16-12-5-4-10(9-11(12)15)14(19)20-2/h4-5,9,16H,3,6-8,15H2,1-2H3,(H,17,18). The summed E-state index contributed by atoms with van der Waals surface area (Å²) >= 11 is 0. The summed E-state index contributed by atoms with van der Waals surface area (Å²) in [7, 11) is 1.32. The molecule has 0 spiro atoms. The van der Waals surface area contributed by atoms with Gasteiger partial charge in [-0.1, -0.05) is 6.92 Å². The van der Waals surface area contributed by atoms with Crippen LogP contribution in [0.1, 0.15) is 30.1 Å². The van der Waals surface area contributed by atoms with E-state index in [1.54, 1.807) is 18.2 Å². The quantitative estimate of drug-likeness (QED) is 0.518. The van der Waals surface area contributed by atoms with Gasteiger partial charge in [-0.05, 0) is 24.6 Å². The molecule has 0 saturated carbocycles. The first kappa shape index (κ1) is 15.8. The fourth-order valence-electron chi connectivity index (χ4n) is 1.63. The lowest BCUT2D eigenvalue weighted by molar-refractivity contribution is -0.120. The highest BCUT2D eigenvalue weighted by molar-refractivity contribution is 5.91. The maximum atomic E-state index is 11.4. The topological polar surface area (TPSA) is 93.5 Å². The smallest absolute Gasteiger partial charge is 0.337 e. The van der Waals surface area contributed by atoms with Gasteiger partial charge < -0.3 is 21.1 Å². The lowest BCUT2D eigenvalue weighted by atomic mass is 10.1. The van der Waals surface area contributed by atoms with Gasteiger partial charge in [0.1, 0.15) is 0 Å². The minimum absolute atomic E-state index is 0.00380. The normalized spacial score (nSPS) is 9.90. The van der Waals surface area contributed by atoms with Gasteiger partial charge in [-0.25, -0.2) is 4.79 Å². The largest absolute Gasteiger partial charge is 0.465 e. The number of carbonyl (C=O) groups is 2. The van der Waals surface area contributed by atoms with Crippen LogP contribution >= 0.6 is 0 Å². The lowest BCUT2D eigenvalue weighted by Crippen LogP contribution is -2.25. The molecule has 0 bridgehead atoms. The van der Waals surface area contributed by atoms with Gasteiger partial charge in [0.25, 0.3) is 0 Å². The summed E-state index contributed by atoms with van der Waals surface area (Å²) in [5, 5.41) is 5.86. The Hall–Kier alpha value is -2.24. The second-order valence-corrected chi connectivity index (χ2v) is 4.32. The Kier molecular flexibility index (Phi) is 6.36. The summed E-state index contributed by atoms with van der Waals surface area (Å²) in [6.07, 6.45) is 1.29. The second-order valence-electron chi connectivity index (χ2n) is 4.32. The van der Waals surface area contributed by atoms with Crippen molar-refractivity contribution in [3.8, 4) is 0 Å². The van der Waals surface area contributed by atoms with Gasteiger partial charge in [0, 0.05) is 19.5 Å². The van der Waals surface area contributed by atoms with Gasteiger partial charge in [-0.2, -0.15) is 0 Å². The van der Waals surface area contributed by atoms with Crippen molar-refractivity contribution in [1.82, 2.24) is 5.32 Å². The van der Waals surface area contributed by atoms with E-state index in [0.717, 1.165) is 6.42 Å². The molecule has 0 heterocycles. The van der Waals surface area contributed by atoms with Crippen LogP contribution in [0.2, 0.25) is 0 Å². The molecule has 0 atom stereocenters. The maximum Gasteiger partial charge on any atom is 0.337 e. The highest BCUT2D eigenvalue weighted by Crippen LogP contribution is 2.20. The molecule has 1 rings (SSSR count). The molecule has 0 fully saturated rings. The molecular weight excluding hydrogens is 258 g/mol. The average Bonchev–Trinajstić information content (AvgIpc) is 2.45. The zero-order valence-electron chi connectivity index (χ0n) is 11.9. The van der Waals surface area contributed by atoms with Crippen LogP contribution in [0.3, 0.4) is 0 Å². The minimum Gasteiger partial charge on any atom is -0.465 e. The first-order valence-electron chi connectivity index (χ1n) is 6.57. The Morgan fingerprint density at radius 2 is 2.05 bits per heavy atom. The van der Waals surface area contributed by atoms with E-state index in [2.05, 4.69) is 15.4 Å². The summed E-state index contributed by atoms with van der Waals surface area (Å²) in [4.78, 5) is 22.7. The van der Waals surface area contributed by atoms with E-state index >= 15 is 0 Å². The number of amides is 1. The molecule has 0 aliphatic rings. The number of anilines is 2. The van der Waals surface area contributed by atoms with Crippen molar-refractivity contribution >= 4 is 23.3 Å². The molecular formula is C14H21N3O3. The molecule has 1 aromatic rings. The summed E-state index contributed by atoms with van der Waals surface area (Å²) in [5.41, 5.74) is 7.38. The number of nitrogens with one attached hydrogen (secondary N) is 2. The number of hydrogen-bond acceptors (Lipinski definition) is 5. The van der Waals surface area contributed by atoms with Crippen LogP contribution in [0.15, 0.2) is 18.2 Å². The lowest BCUT2D eigenvalue weighted by Gasteiger charge is -2.10. The Bertz CT molecular complexity index is 475. The summed E-state index contributed by atoms with van der Waals surface area (Å²) in [6, 6.07) is 4.87. The number of benzene rings is 1. The SMILES string of the molecule is CCCNC(=O)CCNc1ccc(C(=O)OC)cc1N. The van der Waals surface area contributed by atoms with Crippen LogP contribution in [0.5, 0.6) is 0 Å². The van der Waals surface area contributed by atoms with Gasteiger partial charge in [-0.15, -0.1) is 0 Å². The zero-order chi connectivity index (χ0) is 15.0. The van der Waals surface area contributed by atoms with E-state index in [1.807, 2.05) is 6.92 Å². The highest BCUT2D eigenvalue weighted by atomic mass is 16.5. The third-order valence-corrected chi connectivity index (χ3v) is 2.71. The Labute approximate surface area is 118 Å². The molecule has 4 N–H and O–H groups in total. The van der Waals surface area contributed by atoms with Crippen molar-refractivity contribution < 1.29 is 14.3 Å². The van der Waals surface area contributed by atoms with E-state index in [0.29, 0.717) is 36.4 Å². The molecule has 0 saturated heterocycles. The number of ether oxygens (including phenoxy) is 1. The van der Waals surface area contributed by atoms with E-state index in [1.165, 1.54) is 7.11 Å². The molecule has 1 amide bonds. The predicted molar refractivity (Wildman–Crippen MR) is 78.6 cm³/mol. The summed E-state index contributed by atoms with van der Waals surface area (Å²) in [5.74, 6) is -0.425. The predicted octanol–water partition coefficient (Wildman–Crippen LogP) is 1.38. The van der Waals surface area contributed by atoms with Crippen molar-refractivity contribution in [2.75, 3.05) is 31.2 Å². The van der Waals surface area contributed by atoms with Gasteiger partial charge >= 0.3 is 5.97 Å². The van der Waals surface area contributed by atoms with E-state index < -0.39 is 5.97 Å². The average molecular weight is 279 g/mol. The first-order valence-corrected chi connectivity index (χ1v) is 6.57. The summed E-state index contributed by atoms with van der Waals surface area (Å²) in [6.45, 7) is 3.17. The number of hydrogen-bond donors (Lipinski definition) is 3. The zero-order valence-corrected chi connectivity index (χ0v) is 11.9. The van der Waals surface area contributed by atoms with Gasteiger partial charge in [-0.3, -0.25) is 4.79 Å². The highest BCUT2D eigenvalue weighted by Gasteiger charge is 2.08. The molecule has 1 aromatic carbocycles. The molecule has 0 aliphatic carbocycles. The molecule has 6 nitrogen and oxygen atoms in total. The van der Waals surface area contributed by atoms with E-state index in [-0.39, 0.29) is 5.91 Å². The Balaban J connectivity index is 2.49. The van der Waals surface area contributed by atoms with Crippen LogP contribution in [0, 0.1) is 0 Å². The number of rotatable bonds is 7. The Morgan fingerprint density at radius 1 is 1.30 bits per heavy atom.